The summed E-state index contributed by atoms with van der Waals surface area (Å²) in [4.78, 5) is 18.1. The number of aromatic nitrogens is 3. The van der Waals surface area contributed by atoms with Crippen LogP contribution in [-0.2, 0) is 12.6 Å². The molecule has 0 unspecified atom stereocenters. The number of nitrogens with zero attached hydrogens (tertiary/aromatic N) is 5. The van der Waals surface area contributed by atoms with E-state index in [-0.39, 0.29) is 5.69 Å². The summed E-state index contributed by atoms with van der Waals surface area (Å²) < 4.78 is 53.1. The van der Waals surface area contributed by atoms with Crippen LogP contribution in [-0.4, -0.2) is 53.8 Å². The molecule has 2 aliphatic rings. The first-order valence-electron chi connectivity index (χ1n) is 11.8. The first-order chi connectivity index (χ1) is 16.8. The van der Waals surface area contributed by atoms with Crippen molar-refractivity contribution in [3.63, 3.8) is 0 Å². The van der Waals surface area contributed by atoms with Gasteiger partial charge in [0.25, 0.3) is 0 Å². The minimum atomic E-state index is -4.45. The van der Waals surface area contributed by atoms with Crippen LogP contribution < -0.4 is 20.9 Å². The van der Waals surface area contributed by atoms with Crippen LogP contribution in [0.25, 0.3) is 10.9 Å². The third-order valence-electron chi connectivity index (χ3n) is 6.49. The maximum absolute atomic E-state index is 13.6. The number of nitrogens with two attached hydrogens (primary N) is 1. The van der Waals surface area contributed by atoms with Crippen molar-refractivity contribution in [3.05, 3.63) is 41.6 Å². The van der Waals surface area contributed by atoms with E-state index < -0.39 is 17.9 Å². The second-order valence-electron chi connectivity index (χ2n) is 9.07. The Morgan fingerprint density at radius 2 is 1.77 bits per heavy atom. The fraction of sp³-hybridized carbons (Fsp3) is 0.458. The van der Waals surface area contributed by atoms with E-state index in [0.717, 1.165) is 42.8 Å². The lowest BCUT2D eigenvalue weighted by atomic mass is 10.1. The highest BCUT2D eigenvalue weighted by molar-refractivity contribution is 5.91. The average Bonchev–Trinajstić information content (AvgIpc) is 2.77. The zero-order valence-electron chi connectivity index (χ0n) is 19.2. The number of anilines is 4. The van der Waals surface area contributed by atoms with Crippen molar-refractivity contribution < 1.29 is 17.6 Å². The van der Waals surface area contributed by atoms with Crippen molar-refractivity contribution in [1.82, 2.24) is 15.0 Å². The zero-order chi connectivity index (χ0) is 24.6. The van der Waals surface area contributed by atoms with Crippen LogP contribution in [0.5, 0.6) is 0 Å². The normalized spacial score (nSPS) is 17.0. The summed E-state index contributed by atoms with van der Waals surface area (Å²) in [5, 5.41) is 4.06. The highest BCUT2D eigenvalue weighted by Crippen LogP contribution is 2.32. The van der Waals surface area contributed by atoms with Crippen LogP contribution in [0.2, 0.25) is 0 Å². The Morgan fingerprint density at radius 3 is 2.46 bits per heavy atom. The molecule has 0 saturated carbocycles. The van der Waals surface area contributed by atoms with Crippen molar-refractivity contribution in [2.24, 2.45) is 0 Å². The van der Waals surface area contributed by atoms with Gasteiger partial charge in [0.1, 0.15) is 17.8 Å². The Hall–Kier alpha value is -3.37. The average molecular weight is 490 g/mol. The van der Waals surface area contributed by atoms with E-state index in [2.05, 4.69) is 20.2 Å². The van der Waals surface area contributed by atoms with Gasteiger partial charge in [0, 0.05) is 43.8 Å². The Kier molecular flexibility index (Phi) is 6.24. The highest BCUT2D eigenvalue weighted by atomic mass is 19.4. The number of hydrogen-bond donors (Lipinski definition) is 2. The number of pyridine rings is 1. The van der Waals surface area contributed by atoms with Gasteiger partial charge >= 0.3 is 6.18 Å². The molecule has 0 spiro atoms. The molecule has 0 aliphatic carbocycles. The molecule has 2 aromatic heterocycles. The van der Waals surface area contributed by atoms with E-state index in [0.29, 0.717) is 61.7 Å². The van der Waals surface area contributed by atoms with Gasteiger partial charge in [-0.2, -0.15) is 18.2 Å². The Morgan fingerprint density at radius 1 is 1.00 bits per heavy atom. The smallest absolute Gasteiger partial charge is 0.399 e. The molecule has 186 valence electrons. The Bertz CT molecular complexity index is 1200. The van der Waals surface area contributed by atoms with Gasteiger partial charge in [-0.15, -0.1) is 0 Å². The molecular formula is C24H27F4N7. The first-order valence-corrected chi connectivity index (χ1v) is 11.8. The lowest BCUT2D eigenvalue weighted by molar-refractivity contribution is -0.137. The Labute approximate surface area is 200 Å². The highest BCUT2D eigenvalue weighted by Gasteiger charge is 2.31. The second kappa shape index (κ2) is 9.35. The minimum absolute atomic E-state index is 0.0788. The summed E-state index contributed by atoms with van der Waals surface area (Å²) in [6, 6.07) is 5.52. The van der Waals surface area contributed by atoms with Crippen molar-refractivity contribution in [3.8, 4) is 0 Å². The number of alkyl halides is 4. The molecule has 11 heteroatoms. The Balaban J connectivity index is 1.40. The van der Waals surface area contributed by atoms with Crippen molar-refractivity contribution >= 4 is 34.2 Å². The van der Waals surface area contributed by atoms with Crippen molar-refractivity contribution in [1.29, 1.82) is 0 Å². The largest absolute Gasteiger partial charge is 0.416 e. The molecule has 0 atom stereocenters. The van der Waals surface area contributed by atoms with E-state index >= 15 is 0 Å². The van der Waals surface area contributed by atoms with Gasteiger partial charge in [0.05, 0.1) is 17.3 Å². The van der Waals surface area contributed by atoms with Crippen LogP contribution in [0, 0.1) is 0 Å². The predicted octanol–water partition coefficient (Wildman–Crippen LogP) is 4.43. The summed E-state index contributed by atoms with van der Waals surface area (Å²) >= 11 is 0. The topological polar surface area (TPSA) is 83.2 Å². The van der Waals surface area contributed by atoms with E-state index in [4.69, 9.17) is 10.7 Å². The van der Waals surface area contributed by atoms with Gasteiger partial charge in [0.15, 0.2) is 0 Å². The molecule has 35 heavy (non-hydrogen) atoms. The van der Waals surface area contributed by atoms with Crippen LogP contribution in [0.3, 0.4) is 0 Å². The summed E-state index contributed by atoms with van der Waals surface area (Å²) in [5.41, 5.74) is 6.19. The van der Waals surface area contributed by atoms with Crippen LogP contribution in [0.1, 0.15) is 30.4 Å². The summed E-state index contributed by atoms with van der Waals surface area (Å²) in [6.45, 7) is 3.28. The van der Waals surface area contributed by atoms with Crippen molar-refractivity contribution in [2.75, 3.05) is 53.6 Å². The number of benzene rings is 1. The number of piperidine rings is 1. The van der Waals surface area contributed by atoms with E-state index in [1.807, 2.05) is 11.0 Å². The molecule has 4 heterocycles. The third kappa shape index (κ3) is 5.18. The number of nitrogens with one attached hydrogen (secondary N) is 1. The standard InChI is InChI=1S/C24H27F4N7/c25-17-3-8-34(9-4-17)21-13-19-20(14-31-21)32-23(35-6-1-7-35)33-22(19)30-5-2-15-10-16(24(26,27)28)12-18(29)11-15/h10-14,17H,1-9,29H2,(H,30,32,33). The van der Waals surface area contributed by atoms with Crippen LogP contribution in [0.4, 0.5) is 40.8 Å². The maximum atomic E-state index is 13.6. The number of hydrogen-bond acceptors (Lipinski definition) is 7. The molecule has 0 radical (unpaired) electrons. The monoisotopic (exact) mass is 489 g/mol. The molecular weight excluding hydrogens is 462 g/mol. The van der Waals surface area contributed by atoms with Gasteiger partial charge < -0.3 is 20.9 Å². The van der Waals surface area contributed by atoms with E-state index in [1.165, 1.54) is 0 Å². The SMILES string of the molecule is Nc1cc(CCNc2nc(N3CCC3)nc3cnc(N4CCC(F)CC4)cc23)cc(C(F)(F)F)c1. The van der Waals surface area contributed by atoms with Crippen molar-refractivity contribution in [2.45, 2.75) is 38.0 Å². The van der Waals surface area contributed by atoms with Gasteiger partial charge in [-0.1, -0.05) is 0 Å². The molecule has 5 rings (SSSR count). The fourth-order valence-corrected chi connectivity index (χ4v) is 4.40. The van der Waals surface area contributed by atoms with Crippen LogP contribution in [0.15, 0.2) is 30.5 Å². The fourth-order valence-electron chi connectivity index (χ4n) is 4.40. The van der Waals surface area contributed by atoms with Gasteiger partial charge in [0.2, 0.25) is 5.95 Å². The first kappa shape index (κ1) is 23.4. The molecule has 1 aromatic carbocycles. The predicted molar refractivity (Wildman–Crippen MR) is 129 cm³/mol. The number of nitrogen functional groups attached to an aromatic ring is 1. The molecule has 2 saturated heterocycles. The summed E-state index contributed by atoms with van der Waals surface area (Å²) in [7, 11) is 0. The third-order valence-corrected chi connectivity index (χ3v) is 6.49. The molecule has 2 aliphatic heterocycles. The van der Waals surface area contributed by atoms with Gasteiger partial charge in [-0.25, -0.2) is 14.4 Å². The van der Waals surface area contributed by atoms with E-state index in [9.17, 15) is 17.6 Å². The lowest BCUT2D eigenvalue weighted by Crippen LogP contribution is -2.38. The number of fused-ring (bicyclic) bond motifs is 1. The second-order valence-corrected chi connectivity index (χ2v) is 9.07. The van der Waals surface area contributed by atoms with Gasteiger partial charge in [-0.3, -0.25) is 0 Å². The van der Waals surface area contributed by atoms with E-state index in [1.54, 1.807) is 12.3 Å². The lowest BCUT2D eigenvalue weighted by Gasteiger charge is -2.31. The summed E-state index contributed by atoms with van der Waals surface area (Å²) in [6.07, 6.45) is -1.19. The molecule has 7 nitrogen and oxygen atoms in total. The number of halogens is 4. The molecule has 3 aromatic rings. The molecule has 3 N–H and O–H groups in total. The van der Waals surface area contributed by atoms with Gasteiger partial charge in [-0.05, 0) is 55.5 Å². The minimum Gasteiger partial charge on any atom is -0.399 e. The molecule has 0 bridgehead atoms. The number of rotatable bonds is 6. The molecule has 2 fully saturated rings. The van der Waals surface area contributed by atoms with Crippen LogP contribution >= 0.6 is 0 Å². The zero-order valence-corrected chi connectivity index (χ0v) is 19.2. The summed E-state index contributed by atoms with van der Waals surface area (Å²) in [5.74, 6) is 1.93. The quantitative estimate of drug-likeness (QED) is 0.392. The molecule has 0 amide bonds. The maximum Gasteiger partial charge on any atom is 0.416 e.